The molecule has 0 atom stereocenters. The van der Waals surface area contributed by atoms with Crippen molar-refractivity contribution in [3.8, 4) is 0 Å². The lowest BCUT2D eigenvalue weighted by Gasteiger charge is -2.25. The zero-order chi connectivity index (χ0) is 19.2. The van der Waals surface area contributed by atoms with Crippen LogP contribution in [0.5, 0.6) is 0 Å². The van der Waals surface area contributed by atoms with Gasteiger partial charge >= 0.3 is 12.2 Å². The lowest BCUT2D eigenvalue weighted by atomic mass is 10.0. The molecular formula is C14H18ClFN4O5. The molecule has 11 heteroatoms. The van der Waals surface area contributed by atoms with Crippen LogP contribution < -0.4 is 16.4 Å². The summed E-state index contributed by atoms with van der Waals surface area (Å²) in [7, 11) is 0. The van der Waals surface area contributed by atoms with Gasteiger partial charge in [-0.3, -0.25) is 4.79 Å². The zero-order valence-corrected chi connectivity index (χ0v) is 14.3. The summed E-state index contributed by atoms with van der Waals surface area (Å²) in [5, 5.41) is 12.6. The summed E-state index contributed by atoms with van der Waals surface area (Å²) in [6, 6.07) is 0.876. The molecule has 0 fully saturated rings. The van der Waals surface area contributed by atoms with E-state index in [1.165, 1.54) is 13.8 Å². The number of nitrogens with zero attached hydrogens (tertiary/aromatic N) is 1. The summed E-state index contributed by atoms with van der Waals surface area (Å²) in [5.41, 5.74) is 3.57. The molecule has 0 spiro atoms. The van der Waals surface area contributed by atoms with Crippen molar-refractivity contribution in [2.24, 2.45) is 5.73 Å². The number of carbonyl (C=O) groups excluding carboxylic acids is 2. The van der Waals surface area contributed by atoms with Crippen LogP contribution in [0.3, 0.4) is 0 Å². The molecule has 138 valence electrons. The number of alkyl carbamates (subject to hydrolysis) is 1. The van der Waals surface area contributed by atoms with E-state index in [0.29, 0.717) is 0 Å². The summed E-state index contributed by atoms with van der Waals surface area (Å²) >= 11 is 5.79. The third kappa shape index (κ3) is 6.79. The highest BCUT2D eigenvalue weighted by Gasteiger charge is 2.27. The number of halogens is 2. The van der Waals surface area contributed by atoms with E-state index in [1.54, 1.807) is 0 Å². The van der Waals surface area contributed by atoms with Gasteiger partial charge in [-0.1, -0.05) is 11.6 Å². The molecule has 25 heavy (non-hydrogen) atoms. The highest BCUT2D eigenvalue weighted by molar-refractivity contribution is 6.32. The summed E-state index contributed by atoms with van der Waals surface area (Å²) in [4.78, 5) is 36.8. The second-order valence-corrected chi connectivity index (χ2v) is 5.96. The van der Waals surface area contributed by atoms with Gasteiger partial charge in [0.15, 0.2) is 0 Å². The van der Waals surface area contributed by atoms with Gasteiger partial charge in [-0.15, -0.1) is 0 Å². The molecule has 1 aromatic heterocycles. The van der Waals surface area contributed by atoms with E-state index in [0.717, 1.165) is 6.07 Å². The molecule has 0 aliphatic carbocycles. The van der Waals surface area contributed by atoms with Crippen molar-refractivity contribution in [1.82, 2.24) is 15.6 Å². The number of rotatable bonds is 7. The van der Waals surface area contributed by atoms with Gasteiger partial charge in [-0.05, 0) is 19.9 Å². The number of aromatic nitrogens is 1. The number of pyridine rings is 1. The summed E-state index contributed by atoms with van der Waals surface area (Å²) < 4.78 is 19.2. The number of carbonyl (C=O) groups is 3. The molecule has 9 nitrogen and oxygen atoms in total. The largest absolute Gasteiger partial charge is 0.465 e. The van der Waals surface area contributed by atoms with E-state index in [-0.39, 0.29) is 35.9 Å². The number of hydrogen-bond acceptors (Lipinski definition) is 5. The van der Waals surface area contributed by atoms with Crippen LogP contribution in [0.15, 0.2) is 6.07 Å². The van der Waals surface area contributed by atoms with Crippen LogP contribution >= 0.6 is 11.6 Å². The van der Waals surface area contributed by atoms with Crippen molar-refractivity contribution in [1.29, 1.82) is 0 Å². The van der Waals surface area contributed by atoms with Crippen molar-refractivity contribution >= 4 is 29.7 Å². The van der Waals surface area contributed by atoms with Gasteiger partial charge in [0.25, 0.3) is 5.91 Å². The molecule has 0 aromatic carbocycles. The van der Waals surface area contributed by atoms with Gasteiger partial charge in [0, 0.05) is 19.5 Å². The van der Waals surface area contributed by atoms with E-state index in [9.17, 15) is 18.8 Å². The number of carboxylic acid groups (broad SMARTS) is 1. The van der Waals surface area contributed by atoms with Crippen molar-refractivity contribution in [2.75, 3.05) is 13.1 Å². The number of ether oxygens (including phenoxy) is 1. The SMILES string of the molecule is CC(C)(Cc1nc(Cl)c(C(N)=O)cc1F)OC(=O)NCCNC(=O)O. The van der Waals surface area contributed by atoms with Crippen LogP contribution in [0.2, 0.25) is 5.15 Å². The standard InChI is InChI=1S/C14H18ClFN4O5/c1-14(2,25-13(24)19-4-3-18-12(22)23)6-9-8(16)5-7(11(17)21)10(15)20-9/h5,18H,3-4,6H2,1-2H3,(H2,17,21)(H,19,24)(H,22,23). The van der Waals surface area contributed by atoms with E-state index >= 15 is 0 Å². The van der Waals surface area contributed by atoms with Gasteiger partial charge < -0.3 is 26.2 Å². The Morgan fingerprint density at radius 3 is 2.52 bits per heavy atom. The number of nitrogens with two attached hydrogens (primary N) is 1. The lowest BCUT2D eigenvalue weighted by Crippen LogP contribution is -2.39. The van der Waals surface area contributed by atoms with Crippen molar-refractivity contribution in [3.05, 3.63) is 28.3 Å². The topological polar surface area (TPSA) is 144 Å². The van der Waals surface area contributed by atoms with Crippen molar-refractivity contribution in [2.45, 2.75) is 25.9 Å². The molecule has 3 amide bonds. The molecular weight excluding hydrogens is 359 g/mol. The molecule has 5 N–H and O–H groups in total. The monoisotopic (exact) mass is 376 g/mol. The van der Waals surface area contributed by atoms with Crippen LogP contribution in [0, 0.1) is 5.82 Å². The number of primary amides is 1. The van der Waals surface area contributed by atoms with Gasteiger partial charge in [0.1, 0.15) is 16.6 Å². The first kappa shape index (κ1) is 20.4. The highest BCUT2D eigenvalue weighted by Crippen LogP contribution is 2.22. The van der Waals surface area contributed by atoms with Crippen molar-refractivity contribution < 1.29 is 28.6 Å². The minimum atomic E-state index is -1.21. The fourth-order valence-corrected chi connectivity index (χ4v) is 2.11. The summed E-state index contributed by atoms with van der Waals surface area (Å²) in [5.74, 6) is -1.71. The fourth-order valence-electron chi connectivity index (χ4n) is 1.86. The fraction of sp³-hybridized carbons (Fsp3) is 0.429. The molecule has 0 unspecified atom stereocenters. The average Bonchev–Trinajstić information content (AvgIpc) is 2.45. The molecule has 0 radical (unpaired) electrons. The molecule has 0 aliphatic rings. The van der Waals surface area contributed by atoms with Crippen LogP contribution in [0.1, 0.15) is 29.9 Å². The predicted octanol–water partition coefficient (Wildman–Crippen LogP) is 1.29. The van der Waals surface area contributed by atoms with Gasteiger partial charge in [-0.25, -0.2) is 19.0 Å². The normalized spacial score (nSPS) is 10.9. The maximum Gasteiger partial charge on any atom is 0.407 e. The van der Waals surface area contributed by atoms with E-state index in [4.69, 9.17) is 27.2 Å². The Morgan fingerprint density at radius 1 is 1.36 bits per heavy atom. The van der Waals surface area contributed by atoms with Crippen LogP contribution in [-0.4, -0.2) is 46.9 Å². The zero-order valence-electron chi connectivity index (χ0n) is 13.6. The Balaban J connectivity index is 2.68. The van der Waals surface area contributed by atoms with Gasteiger partial charge in [0.05, 0.1) is 11.3 Å². The summed E-state index contributed by atoms with van der Waals surface area (Å²) in [6.07, 6.45) is -2.14. The second-order valence-electron chi connectivity index (χ2n) is 5.60. The first-order chi connectivity index (χ1) is 11.5. The Labute approximate surface area is 147 Å². The smallest absolute Gasteiger partial charge is 0.407 e. The second kappa shape index (κ2) is 8.47. The lowest BCUT2D eigenvalue weighted by molar-refractivity contribution is 0.0381. The number of amides is 3. The van der Waals surface area contributed by atoms with Gasteiger partial charge in [-0.2, -0.15) is 0 Å². The first-order valence-corrected chi connectivity index (χ1v) is 7.48. The maximum atomic E-state index is 14.0. The molecule has 0 saturated heterocycles. The Hall–Kier alpha value is -2.62. The molecule has 0 saturated carbocycles. The van der Waals surface area contributed by atoms with Crippen LogP contribution in [-0.2, 0) is 11.2 Å². The van der Waals surface area contributed by atoms with Crippen molar-refractivity contribution in [3.63, 3.8) is 0 Å². The molecule has 1 rings (SSSR count). The maximum absolute atomic E-state index is 14.0. The number of nitrogens with one attached hydrogen (secondary N) is 2. The summed E-state index contributed by atoms with van der Waals surface area (Å²) in [6.45, 7) is 3.08. The third-order valence-electron chi connectivity index (χ3n) is 2.90. The van der Waals surface area contributed by atoms with E-state index in [1.807, 2.05) is 0 Å². The predicted molar refractivity (Wildman–Crippen MR) is 86.0 cm³/mol. The molecule has 0 bridgehead atoms. The minimum absolute atomic E-state index is 0.00519. The first-order valence-electron chi connectivity index (χ1n) is 7.10. The average molecular weight is 377 g/mol. The van der Waals surface area contributed by atoms with E-state index < -0.39 is 29.5 Å². The molecule has 1 aromatic rings. The highest BCUT2D eigenvalue weighted by atomic mass is 35.5. The van der Waals surface area contributed by atoms with Gasteiger partial charge in [0.2, 0.25) is 0 Å². The Kier molecular flexibility index (Phi) is 6.92. The third-order valence-corrected chi connectivity index (χ3v) is 3.19. The van der Waals surface area contributed by atoms with E-state index in [2.05, 4.69) is 15.6 Å². The quantitative estimate of drug-likeness (QED) is 0.417. The molecule has 0 aliphatic heterocycles. The van der Waals surface area contributed by atoms with Crippen LogP contribution in [0.4, 0.5) is 14.0 Å². The Morgan fingerprint density at radius 2 is 1.96 bits per heavy atom. The number of hydrogen-bond donors (Lipinski definition) is 4. The Bertz CT molecular complexity index is 683. The molecule has 1 heterocycles. The minimum Gasteiger partial charge on any atom is -0.465 e. The van der Waals surface area contributed by atoms with Crippen LogP contribution in [0.25, 0.3) is 0 Å².